The maximum absolute atomic E-state index is 10.9. The third-order valence-corrected chi connectivity index (χ3v) is 2.85. The van der Waals surface area contributed by atoms with Crippen LogP contribution in [0.5, 0.6) is 0 Å². The van der Waals surface area contributed by atoms with Gasteiger partial charge in [0.05, 0.1) is 12.0 Å². The molecule has 1 aliphatic heterocycles. The van der Waals surface area contributed by atoms with E-state index < -0.39 is 5.97 Å². The summed E-state index contributed by atoms with van der Waals surface area (Å²) in [5.41, 5.74) is 0. The van der Waals surface area contributed by atoms with E-state index in [1.807, 2.05) is 13.8 Å². The number of rotatable bonds is 3. The molecule has 0 amide bonds. The van der Waals surface area contributed by atoms with Gasteiger partial charge in [0.2, 0.25) is 0 Å². The van der Waals surface area contributed by atoms with Crippen LogP contribution in [0.25, 0.3) is 0 Å². The summed E-state index contributed by atoms with van der Waals surface area (Å²) in [6, 6.07) is 0. The summed E-state index contributed by atoms with van der Waals surface area (Å²) >= 11 is 0. The van der Waals surface area contributed by atoms with Gasteiger partial charge in [-0.15, -0.1) is 0 Å². The molecule has 1 saturated heterocycles. The second kappa shape index (κ2) is 4.61. The molecule has 0 aliphatic carbocycles. The molecule has 76 valence electrons. The third kappa shape index (κ3) is 2.69. The number of ether oxygens (including phenoxy) is 1. The Balaban J connectivity index is 2.52. The van der Waals surface area contributed by atoms with Gasteiger partial charge in [0.15, 0.2) is 0 Å². The van der Waals surface area contributed by atoms with Gasteiger partial charge in [0.1, 0.15) is 0 Å². The average Bonchev–Trinajstić information content (AvgIpc) is 2.04. The Morgan fingerprint density at radius 3 is 2.85 bits per heavy atom. The van der Waals surface area contributed by atoms with Crippen LogP contribution in [0.1, 0.15) is 33.1 Å². The van der Waals surface area contributed by atoms with Crippen LogP contribution >= 0.6 is 0 Å². The Kier molecular flexibility index (Phi) is 3.72. The lowest BCUT2D eigenvalue weighted by atomic mass is 9.82. The van der Waals surface area contributed by atoms with Gasteiger partial charge >= 0.3 is 5.97 Å². The molecule has 0 aromatic heterocycles. The van der Waals surface area contributed by atoms with Crippen LogP contribution in [-0.2, 0) is 9.53 Å². The van der Waals surface area contributed by atoms with E-state index in [0.29, 0.717) is 5.92 Å². The van der Waals surface area contributed by atoms with Gasteiger partial charge in [-0.2, -0.15) is 0 Å². The van der Waals surface area contributed by atoms with Crippen molar-refractivity contribution in [3.05, 3.63) is 0 Å². The van der Waals surface area contributed by atoms with E-state index in [1.54, 1.807) is 0 Å². The topological polar surface area (TPSA) is 46.5 Å². The van der Waals surface area contributed by atoms with Crippen LogP contribution in [0.3, 0.4) is 0 Å². The first-order chi connectivity index (χ1) is 6.15. The second-order valence-electron chi connectivity index (χ2n) is 3.82. The Labute approximate surface area is 79.1 Å². The van der Waals surface area contributed by atoms with Gasteiger partial charge in [-0.05, 0) is 32.1 Å². The molecule has 0 bridgehead atoms. The van der Waals surface area contributed by atoms with Crippen molar-refractivity contribution in [2.24, 2.45) is 11.8 Å². The highest BCUT2D eigenvalue weighted by atomic mass is 16.5. The van der Waals surface area contributed by atoms with Crippen molar-refractivity contribution in [1.29, 1.82) is 0 Å². The van der Waals surface area contributed by atoms with E-state index in [2.05, 4.69) is 0 Å². The van der Waals surface area contributed by atoms with E-state index in [9.17, 15) is 4.79 Å². The Morgan fingerprint density at radius 1 is 1.69 bits per heavy atom. The van der Waals surface area contributed by atoms with Crippen molar-refractivity contribution in [3.63, 3.8) is 0 Å². The molecule has 1 unspecified atom stereocenters. The molecule has 1 heterocycles. The summed E-state index contributed by atoms with van der Waals surface area (Å²) in [6.07, 6.45) is 2.75. The molecule has 1 fully saturated rings. The number of carboxylic acids is 1. The maximum atomic E-state index is 10.9. The van der Waals surface area contributed by atoms with E-state index >= 15 is 0 Å². The minimum Gasteiger partial charge on any atom is -0.481 e. The van der Waals surface area contributed by atoms with E-state index in [0.717, 1.165) is 25.9 Å². The van der Waals surface area contributed by atoms with Crippen LogP contribution < -0.4 is 0 Å². The first-order valence-electron chi connectivity index (χ1n) is 4.99. The Bertz CT molecular complexity index is 179. The highest BCUT2D eigenvalue weighted by Gasteiger charge is 2.30. The number of hydrogen-bond acceptors (Lipinski definition) is 2. The molecule has 13 heavy (non-hydrogen) atoms. The fourth-order valence-corrected chi connectivity index (χ4v) is 2.11. The first-order valence-corrected chi connectivity index (χ1v) is 4.99. The summed E-state index contributed by atoms with van der Waals surface area (Å²) in [5.74, 6) is -0.515. The minimum absolute atomic E-state index is 0.175. The van der Waals surface area contributed by atoms with Gasteiger partial charge in [-0.3, -0.25) is 4.79 Å². The largest absolute Gasteiger partial charge is 0.481 e. The molecule has 3 nitrogen and oxygen atoms in total. The van der Waals surface area contributed by atoms with Crippen molar-refractivity contribution >= 4 is 5.97 Å². The number of carbonyl (C=O) groups is 1. The van der Waals surface area contributed by atoms with Crippen molar-refractivity contribution in [1.82, 2.24) is 0 Å². The quantitative estimate of drug-likeness (QED) is 0.732. The SMILES string of the molecule is CC[C@@H](C(=O)O)[C@@H]1CCOC(C)C1. The fraction of sp³-hybridized carbons (Fsp3) is 0.900. The van der Waals surface area contributed by atoms with E-state index in [-0.39, 0.29) is 12.0 Å². The number of hydrogen-bond donors (Lipinski definition) is 1. The Morgan fingerprint density at radius 2 is 2.38 bits per heavy atom. The summed E-state index contributed by atoms with van der Waals surface area (Å²) < 4.78 is 5.39. The maximum Gasteiger partial charge on any atom is 0.306 e. The van der Waals surface area contributed by atoms with Gasteiger partial charge in [-0.25, -0.2) is 0 Å². The molecule has 3 atom stereocenters. The molecule has 3 heteroatoms. The number of aliphatic carboxylic acids is 1. The van der Waals surface area contributed by atoms with Gasteiger partial charge < -0.3 is 9.84 Å². The first kappa shape index (κ1) is 10.5. The zero-order chi connectivity index (χ0) is 9.84. The predicted octanol–water partition coefficient (Wildman–Crippen LogP) is 1.91. The summed E-state index contributed by atoms with van der Waals surface area (Å²) in [7, 11) is 0. The van der Waals surface area contributed by atoms with Crippen LogP contribution in [-0.4, -0.2) is 23.8 Å². The van der Waals surface area contributed by atoms with E-state index in [4.69, 9.17) is 9.84 Å². The van der Waals surface area contributed by atoms with Crippen LogP contribution in [0.15, 0.2) is 0 Å². The van der Waals surface area contributed by atoms with Crippen molar-refractivity contribution in [2.75, 3.05) is 6.61 Å². The standard InChI is InChI=1S/C10H18O3/c1-3-9(10(11)12)8-4-5-13-7(2)6-8/h7-9H,3-6H2,1-2H3,(H,11,12)/t7?,8-,9-/m1/s1. The van der Waals surface area contributed by atoms with Crippen LogP contribution in [0, 0.1) is 11.8 Å². The van der Waals surface area contributed by atoms with E-state index in [1.165, 1.54) is 0 Å². The molecule has 0 radical (unpaired) electrons. The van der Waals surface area contributed by atoms with Crippen LogP contribution in [0.4, 0.5) is 0 Å². The second-order valence-corrected chi connectivity index (χ2v) is 3.82. The van der Waals surface area contributed by atoms with Gasteiger partial charge in [0.25, 0.3) is 0 Å². The fourth-order valence-electron chi connectivity index (χ4n) is 2.11. The molecule has 1 rings (SSSR count). The molecule has 0 spiro atoms. The monoisotopic (exact) mass is 186 g/mol. The van der Waals surface area contributed by atoms with Crippen LogP contribution in [0.2, 0.25) is 0 Å². The summed E-state index contributed by atoms with van der Waals surface area (Å²) in [4.78, 5) is 10.9. The zero-order valence-corrected chi connectivity index (χ0v) is 8.32. The zero-order valence-electron chi connectivity index (χ0n) is 8.32. The average molecular weight is 186 g/mol. The molecule has 0 aromatic carbocycles. The van der Waals surface area contributed by atoms with Crippen molar-refractivity contribution < 1.29 is 14.6 Å². The lowest BCUT2D eigenvalue weighted by Gasteiger charge is -2.30. The molecular formula is C10H18O3. The molecule has 0 saturated carbocycles. The van der Waals surface area contributed by atoms with Gasteiger partial charge in [0, 0.05) is 6.61 Å². The normalized spacial score (nSPS) is 31.2. The predicted molar refractivity (Wildman–Crippen MR) is 49.6 cm³/mol. The summed E-state index contributed by atoms with van der Waals surface area (Å²) in [5, 5.41) is 8.97. The van der Waals surface area contributed by atoms with Gasteiger partial charge in [-0.1, -0.05) is 6.92 Å². The molecule has 0 aromatic rings. The lowest BCUT2D eigenvalue weighted by molar-refractivity contribution is -0.145. The lowest BCUT2D eigenvalue weighted by Crippen LogP contribution is -2.31. The minimum atomic E-state index is -0.651. The highest BCUT2D eigenvalue weighted by molar-refractivity contribution is 5.70. The highest BCUT2D eigenvalue weighted by Crippen LogP contribution is 2.29. The van der Waals surface area contributed by atoms with Crippen molar-refractivity contribution in [3.8, 4) is 0 Å². The summed E-state index contributed by atoms with van der Waals surface area (Å²) in [6.45, 7) is 4.68. The number of carboxylic acid groups (broad SMARTS) is 1. The molecular weight excluding hydrogens is 168 g/mol. The smallest absolute Gasteiger partial charge is 0.306 e. The third-order valence-electron chi connectivity index (χ3n) is 2.85. The Hall–Kier alpha value is -0.570. The molecule has 1 N–H and O–H groups in total. The molecule has 1 aliphatic rings. The van der Waals surface area contributed by atoms with Crippen molar-refractivity contribution in [2.45, 2.75) is 39.2 Å².